The molecule has 0 aromatic heterocycles. The Labute approximate surface area is 159 Å². The minimum atomic E-state index is -0.279. The summed E-state index contributed by atoms with van der Waals surface area (Å²) in [6.07, 6.45) is 1.21. The van der Waals surface area contributed by atoms with E-state index in [-0.39, 0.29) is 10.6 Å². The lowest BCUT2D eigenvalue weighted by Gasteiger charge is -2.40. The van der Waals surface area contributed by atoms with Gasteiger partial charge in [-0.25, -0.2) is 0 Å². The second-order valence-electron chi connectivity index (χ2n) is 7.54. The molecule has 0 aliphatic carbocycles. The molecule has 0 bridgehead atoms. The molecule has 2 aromatic carbocycles. The van der Waals surface area contributed by atoms with Crippen molar-refractivity contribution in [3.05, 3.63) is 58.1 Å². The third-order valence-corrected chi connectivity index (χ3v) is 5.91. The van der Waals surface area contributed by atoms with E-state index in [4.69, 9.17) is 4.74 Å². The number of benzene rings is 2. The maximum absolute atomic E-state index is 11.7. The van der Waals surface area contributed by atoms with E-state index in [0.717, 1.165) is 37.5 Å². The number of rotatable bonds is 4. The van der Waals surface area contributed by atoms with E-state index in [1.807, 2.05) is 37.3 Å². The summed E-state index contributed by atoms with van der Waals surface area (Å²) >= 11 is 0. The van der Waals surface area contributed by atoms with Crippen LogP contribution < -0.4 is 9.64 Å². The smallest absolute Gasteiger partial charge is 0.293 e. The molecule has 2 aliphatic heterocycles. The van der Waals surface area contributed by atoms with Gasteiger partial charge in [0.1, 0.15) is 17.2 Å². The number of nitro groups is 1. The number of nitro benzene ring substituents is 1. The number of para-hydroxylation sites is 1. The summed E-state index contributed by atoms with van der Waals surface area (Å²) in [6.45, 7) is 7.93. The molecule has 0 radical (unpaired) electrons. The summed E-state index contributed by atoms with van der Waals surface area (Å²) in [5.41, 5.74) is 1.69. The Balaban J connectivity index is 1.69. The summed E-state index contributed by atoms with van der Waals surface area (Å²) in [5, 5.41) is 11.7. The Hall–Kier alpha value is -2.60. The second kappa shape index (κ2) is 7.19. The molecule has 27 heavy (non-hydrogen) atoms. The summed E-state index contributed by atoms with van der Waals surface area (Å²) in [5.74, 6) is 2.02. The number of piperazine rings is 1. The van der Waals surface area contributed by atoms with Crippen LogP contribution in [0.3, 0.4) is 0 Å². The lowest BCUT2D eigenvalue weighted by molar-refractivity contribution is -0.384. The first-order valence-corrected chi connectivity index (χ1v) is 9.54. The minimum Gasteiger partial charge on any atom is -0.457 e. The number of hydrogen-bond acceptors (Lipinski definition) is 5. The normalized spacial score (nSPS) is 22.5. The van der Waals surface area contributed by atoms with E-state index in [2.05, 4.69) is 16.7 Å². The molecule has 2 aromatic rings. The van der Waals surface area contributed by atoms with Crippen LogP contribution in [0.15, 0.2) is 42.5 Å². The molecule has 0 spiro atoms. The highest BCUT2D eigenvalue weighted by Crippen LogP contribution is 2.41. The molecule has 0 unspecified atom stereocenters. The topological polar surface area (TPSA) is 58.9 Å². The van der Waals surface area contributed by atoms with Gasteiger partial charge in [-0.2, -0.15) is 0 Å². The number of fused-ring (bicyclic) bond motifs is 1. The van der Waals surface area contributed by atoms with E-state index in [1.54, 1.807) is 12.1 Å². The van der Waals surface area contributed by atoms with E-state index in [0.29, 0.717) is 23.4 Å². The zero-order valence-electron chi connectivity index (χ0n) is 15.8. The zero-order chi connectivity index (χ0) is 19.0. The summed E-state index contributed by atoms with van der Waals surface area (Å²) in [7, 11) is 0. The van der Waals surface area contributed by atoms with E-state index >= 15 is 0 Å². The number of anilines is 1. The van der Waals surface area contributed by atoms with Gasteiger partial charge in [0.05, 0.1) is 4.92 Å². The molecule has 2 fully saturated rings. The van der Waals surface area contributed by atoms with Crippen molar-refractivity contribution in [2.75, 3.05) is 31.1 Å². The number of nitrogens with zero attached hydrogens (tertiary/aromatic N) is 3. The van der Waals surface area contributed by atoms with Crippen LogP contribution in [0.25, 0.3) is 0 Å². The average Bonchev–Trinajstić information content (AvgIpc) is 3.04. The molecule has 0 N–H and O–H groups in total. The Kier molecular flexibility index (Phi) is 4.74. The fourth-order valence-electron chi connectivity index (χ4n) is 4.37. The third-order valence-electron chi connectivity index (χ3n) is 5.91. The first kappa shape index (κ1) is 17.8. The molecule has 2 atom stereocenters. The van der Waals surface area contributed by atoms with Gasteiger partial charge in [0.25, 0.3) is 5.69 Å². The van der Waals surface area contributed by atoms with E-state index in [9.17, 15) is 10.1 Å². The molecule has 2 heterocycles. The van der Waals surface area contributed by atoms with Crippen LogP contribution in [-0.4, -0.2) is 42.0 Å². The van der Waals surface area contributed by atoms with Crippen molar-refractivity contribution in [3.8, 4) is 11.5 Å². The molecule has 0 amide bonds. The summed E-state index contributed by atoms with van der Waals surface area (Å²) in [4.78, 5) is 16.1. The van der Waals surface area contributed by atoms with E-state index < -0.39 is 0 Å². The number of hydrogen-bond donors (Lipinski definition) is 0. The molecule has 6 nitrogen and oxygen atoms in total. The van der Waals surface area contributed by atoms with Crippen molar-refractivity contribution in [1.29, 1.82) is 0 Å². The predicted molar refractivity (Wildman–Crippen MR) is 106 cm³/mol. The summed E-state index contributed by atoms with van der Waals surface area (Å²) < 4.78 is 6.02. The maximum atomic E-state index is 11.7. The molecule has 0 saturated carbocycles. The Bertz CT molecular complexity index is 840. The standard InChI is InChI=1S/C21H25N3O3/c1-15-10-11-22-12-13-23(14-19(15)22)21-16(2)20(9-8-18(21)24(25)26)27-17-6-4-3-5-7-17/h3-9,15,19H,10-14H2,1-2H3/t15-,19+/m1/s1. The van der Waals surface area contributed by atoms with Gasteiger partial charge in [0.15, 0.2) is 0 Å². The van der Waals surface area contributed by atoms with Crippen molar-refractivity contribution < 1.29 is 9.66 Å². The van der Waals surface area contributed by atoms with Crippen LogP contribution in [-0.2, 0) is 0 Å². The summed E-state index contributed by atoms with van der Waals surface area (Å²) in [6, 6.07) is 13.3. The second-order valence-corrected chi connectivity index (χ2v) is 7.54. The monoisotopic (exact) mass is 367 g/mol. The van der Waals surface area contributed by atoms with Crippen LogP contribution in [0, 0.1) is 23.0 Å². The average molecular weight is 367 g/mol. The van der Waals surface area contributed by atoms with Crippen LogP contribution in [0.5, 0.6) is 11.5 Å². The van der Waals surface area contributed by atoms with Crippen molar-refractivity contribution in [3.63, 3.8) is 0 Å². The molecule has 142 valence electrons. The Morgan fingerprint density at radius 2 is 1.89 bits per heavy atom. The third kappa shape index (κ3) is 3.37. The first-order chi connectivity index (χ1) is 13.0. The van der Waals surface area contributed by atoms with Gasteiger partial charge in [0, 0.05) is 37.3 Å². The van der Waals surface area contributed by atoms with Gasteiger partial charge in [-0.15, -0.1) is 0 Å². The predicted octanol–water partition coefficient (Wildman–Crippen LogP) is 4.23. The number of ether oxygens (including phenoxy) is 1. The first-order valence-electron chi connectivity index (χ1n) is 9.54. The Morgan fingerprint density at radius 1 is 1.11 bits per heavy atom. The van der Waals surface area contributed by atoms with Gasteiger partial charge in [0.2, 0.25) is 0 Å². The van der Waals surface area contributed by atoms with Gasteiger partial charge in [-0.3, -0.25) is 15.0 Å². The van der Waals surface area contributed by atoms with Crippen molar-refractivity contribution in [2.45, 2.75) is 26.3 Å². The minimum absolute atomic E-state index is 0.159. The van der Waals surface area contributed by atoms with Gasteiger partial charge in [-0.05, 0) is 44.0 Å². The molecule has 2 aliphatic rings. The van der Waals surface area contributed by atoms with Crippen LogP contribution in [0.2, 0.25) is 0 Å². The van der Waals surface area contributed by atoms with Gasteiger partial charge >= 0.3 is 0 Å². The highest BCUT2D eigenvalue weighted by Gasteiger charge is 2.38. The van der Waals surface area contributed by atoms with Crippen LogP contribution >= 0.6 is 0 Å². The quantitative estimate of drug-likeness (QED) is 0.598. The fourth-order valence-corrected chi connectivity index (χ4v) is 4.37. The maximum Gasteiger partial charge on any atom is 0.293 e. The van der Waals surface area contributed by atoms with Crippen molar-refractivity contribution in [2.24, 2.45) is 5.92 Å². The van der Waals surface area contributed by atoms with E-state index in [1.165, 1.54) is 6.42 Å². The van der Waals surface area contributed by atoms with Crippen LogP contribution in [0.4, 0.5) is 11.4 Å². The van der Waals surface area contributed by atoms with Crippen LogP contribution in [0.1, 0.15) is 18.9 Å². The molecular weight excluding hydrogens is 342 g/mol. The molecule has 6 heteroatoms. The van der Waals surface area contributed by atoms with Gasteiger partial charge in [-0.1, -0.05) is 25.1 Å². The zero-order valence-corrected chi connectivity index (χ0v) is 15.8. The fraction of sp³-hybridized carbons (Fsp3) is 0.429. The highest BCUT2D eigenvalue weighted by molar-refractivity contribution is 5.72. The largest absolute Gasteiger partial charge is 0.457 e. The van der Waals surface area contributed by atoms with Crippen molar-refractivity contribution in [1.82, 2.24) is 4.90 Å². The lowest BCUT2D eigenvalue weighted by atomic mass is 10.00. The van der Waals surface area contributed by atoms with Gasteiger partial charge < -0.3 is 9.64 Å². The molecule has 4 rings (SSSR count). The Morgan fingerprint density at radius 3 is 2.63 bits per heavy atom. The highest BCUT2D eigenvalue weighted by atomic mass is 16.6. The molecule has 2 saturated heterocycles. The van der Waals surface area contributed by atoms with Crippen molar-refractivity contribution >= 4 is 11.4 Å². The SMILES string of the molecule is Cc1c(Oc2ccccc2)ccc([N+](=O)[O-])c1N1CCN2CC[C@@H](C)[C@@H]2C1. The molecular formula is C21H25N3O3. The lowest BCUT2D eigenvalue weighted by Crippen LogP contribution is -2.52.